The van der Waals surface area contributed by atoms with E-state index >= 15 is 0 Å². The average molecular weight is 289 g/mol. The molecule has 2 rings (SSSR count). The minimum absolute atomic E-state index is 0.0972. The van der Waals surface area contributed by atoms with Crippen LogP contribution >= 0.6 is 0 Å². The number of carbonyl (C=O) groups excluding carboxylic acids is 1. The van der Waals surface area contributed by atoms with E-state index in [9.17, 15) is 4.79 Å². The molecule has 1 aliphatic carbocycles. The quantitative estimate of drug-likeness (QED) is 0.346. The Hall–Kier alpha value is -2.04. The number of hydrogen-bond donors (Lipinski definition) is 3. The van der Waals surface area contributed by atoms with Gasteiger partial charge in [0.2, 0.25) is 0 Å². The van der Waals surface area contributed by atoms with Crippen LogP contribution in [0.4, 0.5) is 0 Å². The zero-order valence-corrected chi connectivity index (χ0v) is 12.6. The van der Waals surface area contributed by atoms with Crippen molar-refractivity contribution in [3.8, 4) is 0 Å². The van der Waals surface area contributed by atoms with Gasteiger partial charge in [0.1, 0.15) is 5.54 Å². The van der Waals surface area contributed by atoms with Crippen molar-refractivity contribution < 1.29 is 10.0 Å². The molecule has 0 spiro atoms. The number of nitrogens with one attached hydrogen (secondary N) is 1. The van der Waals surface area contributed by atoms with Gasteiger partial charge in [0, 0.05) is 5.56 Å². The lowest BCUT2D eigenvalue weighted by atomic mass is 9.80. The Balaban J connectivity index is 2.26. The Labute approximate surface area is 125 Å². The molecule has 5 nitrogen and oxygen atoms in total. The molecule has 0 aliphatic heterocycles. The maximum Gasteiger partial charge on any atom is 0.252 e. The molecule has 0 aromatic heterocycles. The Morgan fingerprint density at radius 1 is 1.19 bits per heavy atom. The summed E-state index contributed by atoms with van der Waals surface area (Å²) in [6, 6.07) is 5.73. The maximum absolute atomic E-state index is 12.5. The third-order valence-corrected chi connectivity index (χ3v) is 4.14. The molecule has 21 heavy (non-hydrogen) atoms. The number of hydrogen-bond acceptors (Lipinski definition) is 3. The number of amidine groups is 1. The Kier molecular flexibility index (Phi) is 4.50. The summed E-state index contributed by atoms with van der Waals surface area (Å²) in [5, 5.41) is 15.2. The van der Waals surface area contributed by atoms with E-state index in [1.807, 2.05) is 32.0 Å². The van der Waals surface area contributed by atoms with Crippen molar-refractivity contribution in [2.75, 3.05) is 0 Å². The zero-order chi connectivity index (χ0) is 15.5. The smallest absolute Gasteiger partial charge is 0.252 e. The molecule has 0 bridgehead atoms. The van der Waals surface area contributed by atoms with Crippen molar-refractivity contribution in [1.29, 1.82) is 0 Å². The van der Waals surface area contributed by atoms with Crippen LogP contribution in [0.2, 0.25) is 0 Å². The number of benzene rings is 1. The number of aryl methyl sites for hydroxylation is 2. The first-order valence-electron chi connectivity index (χ1n) is 7.36. The first-order valence-corrected chi connectivity index (χ1v) is 7.36. The van der Waals surface area contributed by atoms with E-state index in [0.29, 0.717) is 18.4 Å². The SMILES string of the molecule is Cc1cc(C)cc(C(=O)NC2(/C(N)=N/O)CCCCC2)c1. The molecule has 1 saturated carbocycles. The van der Waals surface area contributed by atoms with Crippen LogP contribution in [0.1, 0.15) is 53.6 Å². The average Bonchev–Trinajstić information content (AvgIpc) is 2.46. The van der Waals surface area contributed by atoms with Crippen LogP contribution in [0.25, 0.3) is 0 Å². The van der Waals surface area contributed by atoms with Crippen LogP contribution in [0, 0.1) is 13.8 Å². The first-order chi connectivity index (χ1) is 9.97. The predicted octanol–water partition coefficient (Wildman–Crippen LogP) is 2.48. The van der Waals surface area contributed by atoms with Gasteiger partial charge in [-0.05, 0) is 38.8 Å². The van der Waals surface area contributed by atoms with Crippen LogP contribution in [0.5, 0.6) is 0 Å². The molecule has 0 heterocycles. The molecule has 114 valence electrons. The van der Waals surface area contributed by atoms with Crippen LogP contribution in [-0.2, 0) is 0 Å². The predicted molar refractivity (Wildman–Crippen MR) is 82.6 cm³/mol. The zero-order valence-electron chi connectivity index (χ0n) is 12.6. The number of rotatable bonds is 3. The van der Waals surface area contributed by atoms with E-state index in [1.54, 1.807) is 0 Å². The van der Waals surface area contributed by atoms with Crippen molar-refractivity contribution in [2.24, 2.45) is 10.9 Å². The summed E-state index contributed by atoms with van der Waals surface area (Å²) in [5.74, 6) is -0.0739. The minimum atomic E-state index is -0.721. The highest BCUT2D eigenvalue weighted by molar-refractivity contribution is 6.00. The van der Waals surface area contributed by atoms with E-state index in [2.05, 4.69) is 10.5 Å². The monoisotopic (exact) mass is 289 g/mol. The summed E-state index contributed by atoms with van der Waals surface area (Å²) >= 11 is 0. The van der Waals surface area contributed by atoms with Gasteiger partial charge in [0.25, 0.3) is 5.91 Å². The van der Waals surface area contributed by atoms with Gasteiger partial charge in [-0.2, -0.15) is 0 Å². The van der Waals surface area contributed by atoms with Gasteiger partial charge in [0.05, 0.1) is 0 Å². The fourth-order valence-electron chi connectivity index (χ4n) is 3.09. The number of nitrogens with two attached hydrogens (primary N) is 1. The number of carbonyl (C=O) groups is 1. The fraction of sp³-hybridized carbons (Fsp3) is 0.500. The standard InChI is InChI=1S/C16H23N3O2/c1-11-8-12(2)10-13(9-11)14(20)18-16(15(17)19-21)6-4-3-5-7-16/h8-10,21H,3-7H2,1-2H3,(H2,17,19)(H,18,20). The molecule has 0 radical (unpaired) electrons. The highest BCUT2D eigenvalue weighted by Crippen LogP contribution is 2.29. The molecular formula is C16H23N3O2. The van der Waals surface area contributed by atoms with E-state index in [0.717, 1.165) is 30.4 Å². The molecule has 1 aliphatic rings. The van der Waals surface area contributed by atoms with Crippen LogP contribution in [-0.4, -0.2) is 22.5 Å². The second-order valence-corrected chi connectivity index (χ2v) is 5.96. The van der Waals surface area contributed by atoms with Crippen molar-refractivity contribution >= 4 is 11.7 Å². The number of amides is 1. The van der Waals surface area contributed by atoms with Crippen molar-refractivity contribution in [3.63, 3.8) is 0 Å². The molecule has 1 amide bonds. The highest BCUT2D eigenvalue weighted by Gasteiger charge is 2.38. The van der Waals surface area contributed by atoms with E-state index in [-0.39, 0.29) is 11.7 Å². The molecule has 0 unspecified atom stereocenters. The Bertz CT molecular complexity index is 540. The third kappa shape index (κ3) is 3.35. The van der Waals surface area contributed by atoms with Gasteiger partial charge in [-0.3, -0.25) is 4.79 Å². The molecular weight excluding hydrogens is 266 g/mol. The van der Waals surface area contributed by atoms with E-state index < -0.39 is 5.54 Å². The van der Waals surface area contributed by atoms with E-state index in [4.69, 9.17) is 10.9 Å². The number of oxime groups is 1. The lowest BCUT2D eigenvalue weighted by Crippen LogP contribution is -2.58. The Morgan fingerprint density at radius 2 is 1.76 bits per heavy atom. The minimum Gasteiger partial charge on any atom is -0.409 e. The van der Waals surface area contributed by atoms with Crippen LogP contribution < -0.4 is 11.1 Å². The second kappa shape index (κ2) is 6.16. The van der Waals surface area contributed by atoms with Gasteiger partial charge in [-0.25, -0.2) is 0 Å². The van der Waals surface area contributed by atoms with Crippen molar-refractivity contribution in [1.82, 2.24) is 5.32 Å². The molecule has 0 saturated heterocycles. The molecule has 1 aromatic carbocycles. The second-order valence-electron chi connectivity index (χ2n) is 5.96. The van der Waals surface area contributed by atoms with Crippen molar-refractivity contribution in [2.45, 2.75) is 51.5 Å². The summed E-state index contributed by atoms with van der Waals surface area (Å²) < 4.78 is 0. The summed E-state index contributed by atoms with van der Waals surface area (Å²) in [7, 11) is 0. The largest absolute Gasteiger partial charge is 0.409 e. The van der Waals surface area contributed by atoms with E-state index in [1.165, 1.54) is 0 Å². The van der Waals surface area contributed by atoms with Gasteiger partial charge in [-0.1, -0.05) is 41.6 Å². The normalized spacial score (nSPS) is 18.3. The lowest BCUT2D eigenvalue weighted by molar-refractivity contribution is 0.0905. The summed E-state index contributed by atoms with van der Waals surface area (Å²) in [6.45, 7) is 3.92. The fourth-order valence-corrected chi connectivity index (χ4v) is 3.09. The lowest BCUT2D eigenvalue weighted by Gasteiger charge is -2.36. The molecule has 1 fully saturated rings. The molecule has 0 atom stereocenters. The van der Waals surface area contributed by atoms with Crippen LogP contribution in [0.15, 0.2) is 23.4 Å². The molecule has 4 N–H and O–H groups in total. The molecule has 5 heteroatoms. The van der Waals surface area contributed by atoms with Gasteiger partial charge < -0.3 is 16.3 Å². The first kappa shape index (κ1) is 15.4. The van der Waals surface area contributed by atoms with Gasteiger partial charge in [-0.15, -0.1) is 0 Å². The number of nitrogens with zero attached hydrogens (tertiary/aromatic N) is 1. The van der Waals surface area contributed by atoms with Crippen molar-refractivity contribution in [3.05, 3.63) is 34.9 Å². The summed E-state index contributed by atoms with van der Waals surface area (Å²) in [4.78, 5) is 12.5. The highest BCUT2D eigenvalue weighted by atomic mass is 16.4. The Morgan fingerprint density at radius 3 is 2.29 bits per heavy atom. The maximum atomic E-state index is 12.5. The topological polar surface area (TPSA) is 87.7 Å². The third-order valence-electron chi connectivity index (χ3n) is 4.14. The van der Waals surface area contributed by atoms with Crippen LogP contribution in [0.3, 0.4) is 0 Å². The van der Waals surface area contributed by atoms with Gasteiger partial charge >= 0.3 is 0 Å². The summed E-state index contributed by atoms with van der Waals surface area (Å²) in [6.07, 6.45) is 4.45. The van der Waals surface area contributed by atoms with Gasteiger partial charge in [0.15, 0.2) is 5.84 Å². The summed E-state index contributed by atoms with van der Waals surface area (Å²) in [5.41, 5.74) is 7.83. The molecule has 1 aromatic rings.